The van der Waals surface area contributed by atoms with Crippen LogP contribution in [0.15, 0.2) is 23.1 Å². The van der Waals surface area contributed by atoms with Gasteiger partial charge in [0.1, 0.15) is 0 Å². The van der Waals surface area contributed by atoms with E-state index in [1.165, 1.54) is 13.1 Å². The smallest absolute Gasteiger partial charge is 0.289 e. The fourth-order valence-electron chi connectivity index (χ4n) is 1.22. The Bertz CT molecular complexity index is 613. The lowest BCUT2D eigenvalue weighted by Crippen LogP contribution is -2.35. The van der Waals surface area contributed by atoms with Gasteiger partial charge in [-0.1, -0.05) is 0 Å². The normalized spacial score (nSPS) is 11.0. The van der Waals surface area contributed by atoms with Crippen molar-refractivity contribution in [3.63, 3.8) is 0 Å². The monoisotopic (exact) mass is 288 g/mol. The minimum atomic E-state index is -4.20. The van der Waals surface area contributed by atoms with Gasteiger partial charge in [-0.15, -0.1) is 0 Å². The average Bonchev–Trinajstić information content (AvgIpc) is 2.35. The van der Waals surface area contributed by atoms with Crippen LogP contribution in [0.1, 0.15) is 0 Å². The number of nitrogens with zero attached hydrogens (tertiary/aromatic N) is 1. The molecule has 0 spiro atoms. The van der Waals surface area contributed by atoms with Gasteiger partial charge in [-0.05, 0) is 12.1 Å². The number of anilines is 1. The summed E-state index contributed by atoms with van der Waals surface area (Å²) in [6.45, 7) is -0.523. The van der Waals surface area contributed by atoms with Gasteiger partial charge in [-0.2, -0.15) is 0 Å². The summed E-state index contributed by atoms with van der Waals surface area (Å²) in [5.41, 5.74) is 4.86. The lowest BCUT2D eigenvalue weighted by molar-refractivity contribution is -0.387. The van der Waals surface area contributed by atoms with Gasteiger partial charge in [-0.25, -0.2) is 13.1 Å². The second-order valence-corrected chi connectivity index (χ2v) is 5.22. The van der Waals surface area contributed by atoms with E-state index in [1.807, 2.05) is 4.72 Å². The Balaban J connectivity index is 3.16. The van der Waals surface area contributed by atoms with Crippen LogP contribution in [-0.2, 0) is 14.8 Å². The molecule has 1 aromatic rings. The SMILES string of the molecule is CNC(=O)CNS(=O)(=O)c1cc(N)ccc1[N+](=O)[O-]. The number of rotatable bonds is 5. The molecule has 0 heterocycles. The van der Waals surface area contributed by atoms with Crippen LogP contribution >= 0.6 is 0 Å². The molecule has 0 unspecified atom stereocenters. The van der Waals surface area contributed by atoms with E-state index < -0.39 is 38.0 Å². The second-order valence-electron chi connectivity index (χ2n) is 3.48. The summed E-state index contributed by atoms with van der Waals surface area (Å²) in [7, 11) is -2.86. The molecule has 1 rings (SSSR count). The zero-order chi connectivity index (χ0) is 14.6. The second kappa shape index (κ2) is 5.63. The molecule has 0 fully saturated rings. The Morgan fingerprint density at radius 2 is 2.11 bits per heavy atom. The Morgan fingerprint density at radius 1 is 1.47 bits per heavy atom. The first-order valence-electron chi connectivity index (χ1n) is 5.02. The highest BCUT2D eigenvalue weighted by atomic mass is 32.2. The van der Waals surface area contributed by atoms with Gasteiger partial charge < -0.3 is 11.1 Å². The van der Waals surface area contributed by atoms with Crippen LogP contribution in [0.4, 0.5) is 11.4 Å². The number of likely N-dealkylation sites (N-methyl/N-ethyl adjacent to an activating group) is 1. The zero-order valence-electron chi connectivity index (χ0n) is 9.91. The van der Waals surface area contributed by atoms with Gasteiger partial charge in [0.05, 0.1) is 11.5 Å². The third-order valence-electron chi connectivity index (χ3n) is 2.17. The summed E-state index contributed by atoms with van der Waals surface area (Å²) in [6.07, 6.45) is 0. The molecular formula is C9H12N4O5S. The van der Waals surface area contributed by atoms with E-state index in [1.54, 1.807) is 0 Å². The fraction of sp³-hybridized carbons (Fsp3) is 0.222. The molecular weight excluding hydrogens is 276 g/mol. The summed E-state index contributed by atoms with van der Waals surface area (Å²) in [5.74, 6) is -0.574. The maximum atomic E-state index is 11.9. The van der Waals surface area contributed by atoms with Crippen molar-refractivity contribution < 1.29 is 18.1 Å². The number of hydrogen-bond acceptors (Lipinski definition) is 6. The number of nitrogen functional groups attached to an aromatic ring is 1. The number of sulfonamides is 1. The molecule has 0 saturated carbocycles. The summed E-state index contributed by atoms with van der Waals surface area (Å²) in [6, 6.07) is 3.17. The van der Waals surface area contributed by atoms with Crippen LogP contribution in [0.25, 0.3) is 0 Å². The van der Waals surface area contributed by atoms with Crippen molar-refractivity contribution in [1.29, 1.82) is 0 Å². The molecule has 0 aliphatic heterocycles. The van der Waals surface area contributed by atoms with E-state index in [9.17, 15) is 23.3 Å². The third-order valence-corrected chi connectivity index (χ3v) is 3.60. The minimum absolute atomic E-state index is 0.0610. The largest absolute Gasteiger partial charge is 0.399 e. The number of nitrogens with one attached hydrogen (secondary N) is 2. The first-order valence-corrected chi connectivity index (χ1v) is 6.50. The summed E-state index contributed by atoms with van der Waals surface area (Å²) < 4.78 is 25.7. The van der Waals surface area contributed by atoms with Crippen LogP contribution in [0.5, 0.6) is 0 Å². The van der Waals surface area contributed by atoms with Crippen LogP contribution in [0.2, 0.25) is 0 Å². The van der Waals surface area contributed by atoms with Crippen LogP contribution in [0, 0.1) is 10.1 Å². The van der Waals surface area contributed by atoms with Crippen molar-refractivity contribution >= 4 is 27.3 Å². The molecule has 0 radical (unpaired) electrons. The van der Waals surface area contributed by atoms with E-state index >= 15 is 0 Å². The number of nitro benzene ring substituents is 1. The van der Waals surface area contributed by atoms with Crippen molar-refractivity contribution in [2.75, 3.05) is 19.3 Å². The lowest BCUT2D eigenvalue weighted by Gasteiger charge is -2.07. The maximum Gasteiger partial charge on any atom is 0.289 e. The maximum absolute atomic E-state index is 11.9. The molecule has 4 N–H and O–H groups in total. The standard InChI is InChI=1S/C9H12N4O5S/c1-11-9(14)5-12-19(17,18)8-4-6(10)2-3-7(8)13(15)16/h2-4,12H,5,10H2,1H3,(H,11,14). The van der Waals surface area contributed by atoms with Crippen LogP contribution in [-0.4, -0.2) is 32.8 Å². The van der Waals surface area contributed by atoms with Crippen molar-refractivity contribution in [3.8, 4) is 0 Å². The van der Waals surface area contributed by atoms with Gasteiger partial charge in [0.25, 0.3) is 5.69 Å². The zero-order valence-corrected chi connectivity index (χ0v) is 10.7. The third kappa shape index (κ3) is 3.63. The molecule has 0 bridgehead atoms. The van der Waals surface area contributed by atoms with Gasteiger partial charge in [0.15, 0.2) is 4.90 Å². The number of nitro groups is 1. The predicted octanol–water partition coefficient (Wildman–Crippen LogP) is -0.799. The fourth-order valence-corrected chi connectivity index (χ4v) is 2.41. The van der Waals surface area contributed by atoms with Gasteiger partial charge in [-0.3, -0.25) is 14.9 Å². The number of benzene rings is 1. The van der Waals surface area contributed by atoms with Crippen LogP contribution in [0.3, 0.4) is 0 Å². The van der Waals surface area contributed by atoms with Crippen molar-refractivity contribution in [3.05, 3.63) is 28.3 Å². The summed E-state index contributed by atoms with van der Waals surface area (Å²) in [4.78, 5) is 20.3. The average molecular weight is 288 g/mol. The van der Waals surface area contributed by atoms with Gasteiger partial charge in [0.2, 0.25) is 15.9 Å². The highest BCUT2D eigenvalue weighted by molar-refractivity contribution is 7.89. The van der Waals surface area contributed by atoms with E-state index in [4.69, 9.17) is 5.73 Å². The molecule has 9 nitrogen and oxygen atoms in total. The van der Waals surface area contributed by atoms with Crippen molar-refractivity contribution in [1.82, 2.24) is 10.0 Å². The number of carbonyl (C=O) groups is 1. The van der Waals surface area contributed by atoms with Gasteiger partial charge in [0, 0.05) is 18.8 Å². The van der Waals surface area contributed by atoms with E-state index in [2.05, 4.69) is 5.32 Å². The quantitative estimate of drug-likeness (QED) is 0.367. The molecule has 10 heteroatoms. The lowest BCUT2D eigenvalue weighted by atomic mass is 10.3. The number of hydrogen-bond donors (Lipinski definition) is 3. The first-order chi connectivity index (χ1) is 8.77. The Morgan fingerprint density at radius 3 is 2.63 bits per heavy atom. The number of amides is 1. The predicted molar refractivity (Wildman–Crippen MR) is 66.8 cm³/mol. The molecule has 104 valence electrons. The molecule has 0 aliphatic rings. The van der Waals surface area contributed by atoms with E-state index in [0.717, 1.165) is 12.1 Å². The molecule has 1 aromatic carbocycles. The summed E-state index contributed by atoms with van der Waals surface area (Å²) in [5, 5.41) is 13.0. The van der Waals surface area contributed by atoms with E-state index in [0.29, 0.717) is 0 Å². The van der Waals surface area contributed by atoms with E-state index in [-0.39, 0.29) is 5.69 Å². The number of carbonyl (C=O) groups excluding carboxylic acids is 1. The minimum Gasteiger partial charge on any atom is -0.399 e. The Kier molecular flexibility index (Phi) is 4.40. The topological polar surface area (TPSA) is 144 Å². The molecule has 0 aromatic heterocycles. The number of nitrogens with two attached hydrogens (primary N) is 1. The van der Waals surface area contributed by atoms with Crippen molar-refractivity contribution in [2.24, 2.45) is 0 Å². The Hall–Kier alpha value is -2.20. The Labute approximate surface area is 109 Å². The molecule has 0 atom stereocenters. The molecule has 0 saturated heterocycles. The highest BCUT2D eigenvalue weighted by Crippen LogP contribution is 2.25. The highest BCUT2D eigenvalue weighted by Gasteiger charge is 2.26. The van der Waals surface area contributed by atoms with Gasteiger partial charge >= 0.3 is 0 Å². The summed E-state index contributed by atoms with van der Waals surface area (Å²) >= 11 is 0. The molecule has 1 amide bonds. The molecule has 0 aliphatic carbocycles. The first kappa shape index (κ1) is 14.9. The molecule has 19 heavy (non-hydrogen) atoms. The van der Waals surface area contributed by atoms with Crippen LogP contribution < -0.4 is 15.8 Å². The van der Waals surface area contributed by atoms with Crippen molar-refractivity contribution in [2.45, 2.75) is 4.90 Å².